The quantitative estimate of drug-likeness (QED) is 0.932. The number of aromatic nitrogens is 2. The van der Waals surface area contributed by atoms with E-state index >= 15 is 0 Å². The summed E-state index contributed by atoms with van der Waals surface area (Å²) in [6.07, 6.45) is 2.56. The maximum absolute atomic E-state index is 12.9. The van der Waals surface area contributed by atoms with Crippen LogP contribution in [0.25, 0.3) is 0 Å². The van der Waals surface area contributed by atoms with Gasteiger partial charge in [0, 0.05) is 13.1 Å². The molecule has 0 bridgehead atoms. The number of benzene rings is 1. The zero-order valence-electron chi connectivity index (χ0n) is 10.5. The molecule has 0 amide bonds. The van der Waals surface area contributed by atoms with Gasteiger partial charge in [0.1, 0.15) is 5.82 Å². The number of imidazole rings is 1. The molecule has 1 heterocycles. The minimum atomic E-state index is -3.63. The highest BCUT2D eigenvalue weighted by Crippen LogP contribution is 2.24. The van der Waals surface area contributed by atoms with Crippen LogP contribution in [0.1, 0.15) is 18.5 Å². The van der Waals surface area contributed by atoms with E-state index in [-0.39, 0.29) is 10.8 Å². The Labute approximate surface area is 111 Å². The first-order chi connectivity index (χ1) is 8.93. The molecule has 1 N–H and O–H groups in total. The third-order valence-electron chi connectivity index (χ3n) is 3.03. The van der Waals surface area contributed by atoms with E-state index in [9.17, 15) is 12.8 Å². The summed E-state index contributed by atoms with van der Waals surface area (Å²) >= 11 is 0. The van der Waals surface area contributed by atoms with Crippen molar-refractivity contribution >= 4 is 10.0 Å². The van der Waals surface area contributed by atoms with E-state index in [2.05, 4.69) is 9.97 Å². The van der Waals surface area contributed by atoms with Crippen molar-refractivity contribution in [2.24, 2.45) is 0 Å². The minimum absolute atomic E-state index is 0.0314. The Morgan fingerprint density at radius 2 is 1.95 bits per heavy atom. The lowest BCUT2D eigenvalue weighted by atomic mass is 10.1. The van der Waals surface area contributed by atoms with E-state index in [0.29, 0.717) is 5.56 Å². The van der Waals surface area contributed by atoms with Gasteiger partial charge in [0.15, 0.2) is 5.03 Å². The molecule has 0 fully saturated rings. The Balaban J connectivity index is 2.29. The maximum Gasteiger partial charge on any atom is 0.260 e. The van der Waals surface area contributed by atoms with Crippen LogP contribution in [0.2, 0.25) is 0 Å². The van der Waals surface area contributed by atoms with Crippen molar-refractivity contribution in [2.75, 3.05) is 7.05 Å². The standard InChI is InChI=1S/C12H14FN3O2S/c1-9(10-3-5-11(13)6-4-10)16(2)19(17,18)12-7-14-8-15-12/h3-9H,1-2H3,(H,14,15). The second-order valence-electron chi connectivity index (χ2n) is 4.16. The molecule has 1 unspecified atom stereocenters. The minimum Gasteiger partial charge on any atom is -0.335 e. The van der Waals surface area contributed by atoms with Crippen molar-refractivity contribution in [3.8, 4) is 0 Å². The molecule has 0 saturated carbocycles. The van der Waals surface area contributed by atoms with E-state index in [1.807, 2.05) is 0 Å². The number of rotatable bonds is 4. The van der Waals surface area contributed by atoms with Crippen LogP contribution in [0.15, 0.2) is 41.8 Å². The highest BCUT2D eigenvalue weighted by atomic mass is 32.2. The maximum atomic E-state index is 12.9. The first-order valence-corrected chi connectivity index (χ1v) is 7.09. The van der Waals surface area contributed by atoms with Crippen LogP contribution in [-0.2, 0) is 10.0 Å². The number of nitrogens with zero attached hydrogens (tertiary/aromatic N) is 2. The van der Waals surface area contributed by atoms with Gasteiger partial charge in [-0.05, 0) is 24.6 Å². The number of hydrogen-bond donors (Lipinski definition) is 1. The molecule has 19 heavy (non-hydrogen) atoms. The van der Waals surface area contributed by atoms with Crippen molar-refractivity contribution in [1.82, 2.24) is 14.3 Å². The topological polar surface area (TPSA) is 66.1 Å². The summed E-state index contributed by atoms with van der Waals surface area (Å²) in [6, 6.07) is 5.34. The normalized spacial score (nSPS) is 13.7. The SMILES string of the molecule is CC(c1ccc(F)cc1)N(C)S(=O)(=O)c1cnc[nH]1. The lowest BCUT2D eigenvalue weighted by Crippen LogP contribution is -2.30. The fraction of sp³-hybridized carbons (Fsp3) is 0.250. The zero-order valence-corrected chi connectivity index (χ0v) is 11.4. The second kappa shape index (κ2) is 5.10. The van der Waals surface area contributed by atoms with Crippen molar-refractivity contribution < 1.29 is 12.8 Å². The van der Waals surface area contributed by atoms with Crippen LogP contribution in [0.3, 0.4) is 0 Å². The van der Waals surface area contributed by atoms with Gasteiger partial charge in [-0.1, -0.05) is 12.1 Å². The van der Waals surface area contributed by atoms with Crippen LogP contribution >= 0.6 is 0 Å². The molecule has 0 radical (unpaired) electrons. The van der Waals surface area contributed by atoms with Crippen LogP contribution in [0, 0.1) is 5.82 Å². The Kier molecular flexibility index (Phi) is 3.68. The van der Waals surface area contributed by atoms with Gasteiger partial charge in [0.25, 0.3) is 10.0 Å². The molecule has 5 nitrogen and oxygen atoms in total. The van der Waals surface area contributed by atoms with E-state index in [1.54, 1.807) is 19.1 Å². The lowest BCUT2D eigenvalue weighted by molar-refractivity contribution is 0.396. The van der Waals surface area contributed by atoms with Crippen molar-refractivity contribution in [3.05, 3.63) is 48.2 Å². The highest BCUT2D eigenvalue weighted by Gasteiger charge is 2.27. The third-order valence-corrected chi connectivity index (χ3v) is 4.88. The van der Waals surface area contributed by atoms with Crippen LogP contribution < -0.4 is 0 Å². The molecule has 2 rings (SSSR count). The van der Waals surface area contributed by atoms with Crippen molar-refractivity contribution in [2.45, 2.75) is 18.0 Å². The fourth-order valence-electron chi connectivity index (χ4n) is 1.70. The summed E-state index contributed by atoms with van der Waals surface area (Å²) in [7, 11) is -2.16. The Hall–Kier alpha value is -1.73. The van der Waals surface area contributed by atoms with E-state index in [4.69, 9.17) is 0 Å². The summed E-state index contributed by atoms with van der Waals surface area (Å²) in [4.78, 5) is 6.28. The van der Waals surface area contributed by atoms with Gasteiger partial charge in [-0.15, -0.1) is 0 Å². The van der Waals surface area contributed by atoms with Gasteiger partial charge >= 0.3 is 0 Å². The summed E-state index contributed by atoms with van der Waals surface area (Å²) in [5.41, 5.74) is 0.715. The molecule has 2 aromatic rings. The van der Waals surface area contributed by atoms with Crippen LogP contribution in [-0.4, -0.2) is 29.7 Å². The summed E-state index contributed by atoms with van der Waals surface area (Å²) in [5.74, 6) is -0.352. The van der Waals surface area contributed by atoms with Gasteiger partial charge < -0.3 is 4.98 Å². The smallest absolute Gasteiger partial charge is 0.260 e. The zero-order chi connectivity index (χ0) is 14.0. The number of nitrogens with one attached hydrogen (secondary N) is 1. The number of sulfonamides is 1. The Morgan fingerprint density at radius 1 is 1.32 bits per heavy atom. The molecule has 1 aromatic heterocycles. The largest absolute Gasteiger partial charge is 0.335 e. The van der Waals surface area contributed by atoms with Crippen LogP contribution in [0.4, 0.5) is 4.39 Å². The summed E-state index contributed by atoms with van der Waals surface area (Å²) in [6.45, 7) is 1.74. The molecule has 0 saturated heterocycles. The number of aromatic amines is 1. The molecule has 0 aliphatic rings. The third kappa shape index (κ3) is 2.66. The molecule has 1 atom stereocenters. The predicted molar refractivity (Wildman–Crippen MR) is 68.4 cm³/mol. The first kappa shape index (κ1) is 13.7. The second-order valence-corrected chi connectivity index (χ2v) is 6.13. The predicted octanol–water partition coefficient (Wildman–Crippen LogP) is 1.93. The Morgan fingerprint density at radius 3 is 2.47 bits per heavy atom. The Bertz CT molecular complexity index is 638. The van der Waals surface area contributed by atoms with Gasteiger partial charge in [0.05, 0.1) is 12.5 Å². The monoisotopic (exact) mass is 283 g/mol. The molecule has 102 valence electrons. The first-order valence-electron chi connectivity index (χ1n) is 5.65. The summed E-state index contributed by atoms with van der Waals surface area (Å²) in [5, 5.41) is 0.0314. The van der Waals surface area contributed by atoms with E-state index in [1.165, 1.54) is 36.0 Å². The molecule has 7 heteroatoms. The van der Waals surface area contributed by atoms with E-state index in [0.717, 1.165) is 0 Å². The van der Waals surface area contributed by atoms with Crippen LogP contribution in [0.5, 0.6) is 0 Å². The number of H-pyrrole nitrogens is 1. The lowest BCUT2D eigenvalue weighted by Gasteiger charge is -2.23. The average Bonchev–Trinajstić information content (AvgIpc) is 2.92. The van der Waals surface area contributed by atoms with Gasteiger partial charge in [-0.2, -0.15) is 4.31 Å². The number of hydrogen-bond acceptors (Lipinski definition) is 3. The molecular formula is C12H14FN3O2S. The van der Waals surface area contributed by atoms with Crippen molar-refractivity contribution in [3.63, 3.8) is 0 Å². The molecule has 0 aliphatic heterocycles. The van der Waals surface area contributed by atoms with Gasteiger partial charge in [0.2, 0.25) is 0 Å². The van der Waals surface area contributed by atoms with Gasteiger partial charge in [-0.3, -0.25) is 0 Å². The van der Waals surface area contributed by atoms with E-state index < -0.39 is 16.1 Å². The fourth-order valence-corrected chi connectivity index (χ4v) is 2.94. The van der Waals surface area contributed by atoms with Gasteiger partial charge in [-0.25, -0.2) is 17.8 Å². The molecule has 0 aliphatic carbocycles. The number of halogens is 1. The molecular weight excluding hydrogens is 269 g/mol. The van der Waals surface area contributed by atoms with Crippen molar-refractivity contribution in [1.29, 1.82) is 0 Å². The molecule has 1 aromatic carbocycles. The highest BCUT2D eigenvalue weighted by molar-refractivity contribution is 7.89. The summed E-state index contributed by atoms with van der Waals surface area (Å²) < 4.78 is 38.6. The average molecular weight is 283 g/mol. The molecule has 0 spiro atoms.